The number of hydrogen-bond donors (Lipinski definition) is 0. The average Bonchev–Trinajstić information content (AvgIpc) is 3.06. The van der Waals surface area contributed by atoms with Gasteiger partial charge in [-0.25, -0.2) is 19.3 Å². The van der Waals surface area contributed by atoms with Gasteiger partial charge in [0.05, 0.1) is 21.3 Å². The van der Waals surface area contributed by atoms with Crippen molar-refractivity contribution in [2.75, 3.05) is 0 Å². The van der Waals surface area contributed by atoms with E-state index in [-0.39, 0.29) is 12.1 Å². The molecule has 1 aliphatic carbocycles. The molecule has 3 heterocycles. The summed E-state index contributed by atoms with van der Waals surface area (Å²) in [5.41, 5.74) is 2.68. The van der Waals surface area contributed by atoms with Gasteiger partial charge in [-0.05, 0) is 39.2 Å². The Bertz CT molecular complexity index is 899. The number of fused-ring (bicyclic) bond motifs is 2. The number of rotatable bonds is 2. The van der Waals surface area contributed by atoms with Crippen LogP contribution in [0.3, 0.4) is 0 Å². The zero-order valence-electron chi connectivity index (χ0n) is 12.9. The second-order valence-electron chi connectivity index (χ2n) is 5.68. The van der Waals surface area contributed by atoms with Gasteiger partial charge < -0.3 is 4.74 Å². The summed E-state index contributed by atoms with van der Waals surface area (Å²) in [7, 11) is 0. The minimum Gasteiger partial charge on any atom is -0.453 e. The summed E-state index contributed by atoms with van der Waals surface area (Å²) in [6.07, 6.45) is 6.00. The van der Waals surface area contributed by atoms with Crippen LogP contribution in [0.5, 0.6) is 0 Å². The second-order valence-corrected chi connectivity index (χ2v) is 6.91. The number of esters is 1. The summed E-state index contributed by atoms with van der Waals surface area (Å²) < 4.78 is 7.41. The Labute approximate surface area is 137 Å². The van der Waals surface area contributed by atoms with Crippen LogP contribution in [0.1, 0.15) is 50.6 Å². The minimum atomic E-state index is -0.361. The van der Waals surface area contributed by atoms with Crippen LogP contribution in [0.2, 0.25) is 0 Å². The Morgan fingerprint density at radius 2 is 2.30 bits per heavy atom. The van der Waals surface area contributed by atoms with Crippen molar-refractivity contribution in [3.8, 4) is 0 Å². The van der Waals surface area contributed by atoms with Gasteiger partial charge in [-0.3, -0.25) is 0 Å². The summed E-state index contributed by atoms with van der Waals surface area (Å²) in [6, 6.07) is 1.78. The van der Waals surface area contributed by atoms with Gasteiger partial charge in [-0.15, -0.1) is 11.3 Å². The van der Waals surface area contributed by atoms with Gasteiger partial charge in [-0.2, -0.15) is 5.10 Å². The quantitative estimate of drug-likeness (QED) is 0.676. The zero-order chi connectivity index (χ0) is 16.0. The van der Waals surface area contributed by atoms with Gasteiger partial charge in [0, 0.05) is 12.4 Å². The van der Waals surface area contributed by atoms with Gasteiger partial charge in [0.2, 0.25) is 0 Å². The van der Waals surface area contributed by atoms with E-state index < -0.39 is 0 Å². The maximum absolute atomic E-state index is 12.7. The van der Waals surface area contributed by atoms with Crippen LogP contribution in [-0.4, -0.2) is 25.6 Å². The molecule has 1 atom stereocenters. The third-order valence-corrected chi connectivity index (χ3v) is 5.14. The summed E-state index contributed by atoms with van der Waals surface area (Å²) in [5, 5.41) is 5.34. The molecule has 0 amide bonds. The maximum atomic E-state index is 12.7. The molecule has 0 radical (unpaired) electrons. The molecular formula is C16H16N4O2S. The SMILES string of the molecule is Cc1nc2c(s1)[C@H](OC(=O)c1c(C)nn3cccnc13)CCC2. The predicted molar refractivity (Wildman–Crippen MR) is 85.7 cm³/mol. The van der Waals surface area contributed by atoms with E-state index in [0.717, 1.165) is 34.8 Å². The molecule has 0 N–H and O–H groups in total. The lowest BCUT2D eigenvalue weighted by Crippen LogP contribution is -2.16. The van der Waals surface area contributed by atoms with Gasteiger partial charge >= 0.3 is 5.97 Å². The molecule has 23 heavy (non-hydrogen) atoms. The molecule has 0 aromatic carbocycles. The van der Waals surface area contributed by atoms with Crippen LogP contribution >= 0.6 is 11.3 Å². The summed E-state index contributed by atoms with van der Waals surface area (Å²) in [5.74, 6) is -0.361. The minimum absolute atomic E-state index is 0.212. The highest BCUT2D eigenvalue weighted by atomic mass is 32.1. The first kappa shape index (κ1) is 14.3. The molecule has 1 aliphatic rings. The molecule has 0 saturated carbocycles. The standard InChI is InChI=1S/C16H16N4O2S/c1-9-13(15-17-7-4-8-20(15)19-9)16(21)22-12-6-3-5-11-14(12)23-10(2)18-11/h4,7-8,12H,3,5-6H2,1-2H3/t12-/m1/s1. The molecule has 0 bridgehead atoms. The van der Waals surface area contributed by atoms with Gasteiger partial charge in [0.25, 0.3) is 0 Å². The van der Waals surface area contributed by atoms with E-state index in [1.165, 1.54) is 0 Å². The lowest BCUT2D eigenvalue weighted by Gasteiger charge is -2.21. The van der Waals surface area contributed by atoms with Gasteiger partial charge in [-0.1, -0.05) is 0 Å². The van der Waals surface area contributed by atoms with Crippen LogP contribution in [0, 0.1) is 13.8 Å². The first-order valence-electron chi connectivity index (χ1n) is 7.60. The highest BCUT2D eigenvalue weighted by Crippen LogP contribution is 2.37. The number of hydrogen-bond acceptors (Lipinski definition) is 6. The van der Waals surface area contributed by atoms with Gasteiger partial charge in [0.1, 0.15) is 11.7 Å². The molecule has 6 nitrogen and oxygen atoms in total. The predicted octanol–water partition coefficient (Wildman–Crippen LogP) is 3.04. The van der Waals surface area contributed by atoms with Crippen LogP contribution in [-0.2, 0) is 11.2 Å². The first-order chi connectivity index (χ1) is 11.1. The monoisotopic (exact) mass is 328 g/mol. The Morgan fingerprint density at radius 3 is 3.17 bits per heavy atom. The fourth-order valence-electron chi connectivity index (χ4n) is 3.04. The maximum Gasteiger partial charge on any atom is 0.344 e. The number of carbonyl (C=O) groups is 1. The fraction of sp³-hybridized carbons (Fsp3) is 0.375. The summed E-state index contributed by atoms with van der Waals surface area (Å²) >= 11 is 1.62. The topological polar surface area (TPSA) is 69.4 Å². The highest BCUT2D eigenvalue weighted by Gasteiger charge is 2.29. The third-order valence-electron chi connectivity index (χ3n) is 4.03. The molecular weight excluding hydrogens is 312 g/mol. The molecule has 7 heteroatoms. The van der Waals surface area contributed by atoms with Crippen LogP contribution in [0.15, 0.2) is 18.5 Å². The van der Waals surface area contributed by atoms with Crippen molar-refractivity contribution in [3.05, 3.63) is 45.3 Å². The van der Waals surface area contributed by atoms with E-state index in [1.807, 2.05) is 6.92 Å². The van der Waals surface area contributed by atoms with Crippen molar-refractivity contribution in [1.29, 1.82) is 0 Å². The molecule has 0 fully saturated rings. The van der Waals surface area contributed by atoms with Crippen molar-refractivity contribution < 1.29 is 9.53 Å². The largest absolute Gasteiger partial charge is 0.453 e. The van der Waals surface area contributed by atoms with E-state index in [2.05, 4.69) is 15.1 Å². The summed E-state index contributed by atoms with van der Waals surface area (Å²) in [4.78, 5) is 22.6. The number of aromatic nitrogens is 4. The Morgan fingerprint density at radius 1 is 1.43 bits per heavy atom. The van der Waals surface area contributed by atoms with Crippen LogP contribution in [0.4, 0.5) is 0 Å². The van der Waals surface area contributed by atoms with E-state index in [4.69, 9.17) is 4.74 Å². The highest BCUT2D eigenvalue weighted by molar-refractivity contribution is 7.11. The fourth-order valence-corrected chi connectivity index (χ4v) is 4.08. The molecule has 118 valence electrons. The molecule has 3 aromatic heterocycles. The van der Waals surface area contributed by atoms with E-state index in [9.17, 15) is 4.79 Å². The smallest absolute Gasteiger partial charge is 0.344 e. The number of nitrogens with zero attached hydrogens (tertiary/aromatic N) is 4. The number of aryl methyl sites for hydroxylation is 3. The number of ether oxygens (including phenoxy) is 1. The first-order valence-corrected chi connectivity index (χ1v) is 8.42. The lowest BCUT2D eigenvalue weighted by molar-refractivity contribution is 0.0266. The summed E-state index contributed by atoms with van der Waals surface area (Å²) in [6.45, 7) is 3.79. The molecule has 0 spiro atoms. The second kappa shape index (κ2) is 5.42. The average molecular weight is 328 g/mol. The van der Waals surface area contributed by atoms with Crippen LogP contribution < -0.4 is 0 Å². The van der Waals surface area contributed by atoms with Gasteiger partial charge in [0.15, 0.2) is 5.65 Å². The molecule has 0 saturated heterocycles. The number of carbonyl (C=O) groups excluding carboxylic acids is 1. The van der Waals surface area contributed by atoms with Crippen molar-refractivity contribution in [3.63, 3.8) is 0 Å². The molecule has 0 unspecified atom stereocenters. The van der Waals surface area contributed by atoms with Crippen LogP contribution in [0.25, 0.3) is 5.65 Å². The molecule has 3 aromatic rings. The van der Waals surface area contributed by atoms with E-state index >= 15 is 0 Å². The molecule has 0 aliphatic heterocycles. The number of thiazole rings is 1. The Balaban J connectivity index is 1.67. The normalized spacial score (nSPS) is 17.2. The van der Waals surface area contributed by atoms with E-state index in [1.54, 1.807) is 41.2 Å². The Kier molecular flexibility index (Phi) is 3.37. The van der Waals surface area contributed by atoms with Crippen molar-refractivity contribution in [2.45, 2.75) is 39.2 Å². The van der Waals surface area contributed by atoms with Crippen molar-refractivity contribution >= 4 is 23.0 Å². The lowest BCUT2D eigenvalue weighted by atomic mass is 10.0. The van der Waals surface area contributed by atoms with Crippen molar-refractivity contribution in [2.24, 2.45) is 0 Å². The zero-order valence-corrected chi connectivity index (χ0v) is 13.8. The van der Waals surface area contributed by atoms with E-state index in [0.29, 0.717) is 16.9 Å². The van der Waals surface area contributed by atoms with Crippen molar-refractivity contribution in [1.82, 2.24) is 19.6 Å². The third kappa shape index (κ3) is 2.41. The Hall–Kier alpha value is -2.28. The molecule has 4 rings (SSSR count).